The van der Waals surface area contributed by atoms with Crippen molar-refractivity contribution in [3.63, 3.8) is 0 Å². The monoisotopic (exact) mass is 429 g/mol. The van der Waals surface area contributed by atoms with Crippen LogP contribution >= 0.6 is 0 Å². The van der Waals surface area contributed by atoms with E-state index in [9.17, 15) is 9.18 Å². The molecule has 1 atom stereocenters. The highest BCUT2D eigenvalue weighted by Gasteiger charge is 2.35. The molecular weight excluding hydrogens is 401 g/mol. The molecule has 32 heavy (non-hydrogen) atoms. The first-order chi connectivity index (χ1) is 15.4. The van der Waals surface area contributed by atoms with E-state index >= 15 is 0 Å². The molecular formula is C27H28FN3O. The minimum absolute atomic E-state index is 0.142. The SMILES string of the molecule is Cc1ccc(C2=NN(C(=O)CN(C)Cc3ccccc3)[C@H](c3ccccc3F)C2)c(C)c1. The Labute approximate surface area is 189 Å². The zero-order chi connectivity index (χ0) is 22.7. The normalized spacial score (nSPS) is 15.8. The third-order valence-electron chi connectivity index (χ3n) is 5.82. The van der Waals surface area contributed by atoms with Gasteiger partial charge in [-0.15, -0.1) is 0 Å². The minimum Gasteiger partial charge on any atom is -0.293 e. The van der Waals surface area contributed by atoms with Gasteiger partial charge in [-0.1, -0.05) is 72.3 Å². The van der Waals surface area contributed by atoms with Crippen LogP contribution in [0.2, 0.25) is 0 Å². The summed E-state index contributed by atoms with van der Waals surface area (Å²) in [7, 11) is 1.91. The number of nitrogens with zero attached hydrogens (tertiary/aromatic N) is 3. The summed E-state index contributed by atoms with van der Waals surface area (Å²) in [6.07, 6.45) is 0.485. The summed E-state index contributed by atoms with van der Waals surface area (Å²) in [5.41, 5.74) is 5.72. The van der Waals surface area contributed by atoms with Gasteiger partial charge in [-0.05, 0) is 38.1 Å². The molecule has 1 aliphatic heterocycles. The highest BCUT2D eigenvalue weighted by atomic mass is 19.1. The Morgan fingerprint density at radius 2 is 1.78 bits per heavy atom. The summed E-state index contributed by atoms with van der Waals surface area (Å²) in [5.74, 6) is -0.457. The lowest BCUT2D eigenvalue weighted by atomic mass is 9.95. The number of carbonyl (C=O) groups excluding carboxylic acids is 1. The Balaban J connectivity index is 1.61. The van der Waals surface area contributed by atoms with Gasteiger partial charge >= 0.3 is 0 Å². The van der Waals surface area contributed by atoms with Gasteiger partial charge < -0.3 is 0 Å². The van der Waals surface area contributed by atoms with Crippen molar-refractivity contribution in [1.29, 1.82) is 0 Å². The van der Waals surface area contributed by atoms with Crippen LogP contribution in [0.25, 0.3) is 0 Å². The van der Waals surface area contributed by atoms with Gasteiger partial charge in [-0.3, -0.25) is 9.69 Å². The first-order valence-corrected chi connectivity index (χ1v) is 10.9. The second kappa shape index (κ2) is 9.45. The molecule has 3 aromatic carbocycles. The molecule has 164 valence electrons. The number of rotatable bonds is 6. The van der Waals surface area contributed by atoms with Gasteiger partial charge in [0.1, 0.15) is 5.82 Å². The van der Waals surface area contributed by atoms with E-state index in [0.29, 0.717) is 18.5 Å². The molecule has 0 bridgehead atoms. The molecule has 1 heterocycles. The first-order valence-electron chi connectivity index (χ1n) is 10.9. The number of benzene rings is 3. The molecule has 0 spiro atoms. The molecule has 1 amide bonds. The molecule has 3 aromatic rings. The Hall–Kier alpha value is -3.31. The van der Waals surface area contributed by atoms with Gasteiger partial charge in [0, 0.05) is 24.1 Å². The van der Waals surface area contributed by atoms with Crippen molar-refractivity contribution in [3.8, 4) is 0 Å². The predicted molar refractivity (Wildman–Crippen MR) is 126 cm³/mol. The average molecular weight is 430 g/mol. The van der Waals surface area contributed by atoms with Crippen LogP contribution in [0.4, 0.5) is 4.39 Å². The maximum absolute atomic E-state index is 14.7. The molecule has 0 aromatic heterocycles. The van der Waals surface area contributed by atoms with Crippen molar-refractivity contribution < 1.29 is 9.18 Å². The highest BCUT2D eigenvalue weighted by Crippen LogP contribution is 2.35. The number of hydrogen-bond acceptors (Lipinski definition) is 3. The number of amides is 1. The van der Waals surface area contributed by atoms with E-state index in [2.05, 4.69) is 6.07 Å². The van der Waals surface area contributed by atoms with E-state index in [0.717, 1.165) is 22.4 Å². The van der Waals surface area contributed by atoms with Gasteiger partial charge in [-0.2, -0.15) is 5.10 Å². The third-order valence-corrected chi connectivity index (χ3v) is 5.82. The topological polar surface area (TPSA) is 35.9 Å². The van der Waals surface area contributed by atoms with E-state index < -0.39 is 6.04 Å². The molecule has 1 aliphatic rings. The van der Waals surface area contributed by atoms with Crippen LogP contribution in [-0.4, -0.2) is 35.1 Å². The van der Waals surface area contributed by atoms with Crippen LogP contribution in [0.3, 0.4) is 0 Å². The Bertz CT molecular complexity index is 1140. The van der Waals surface area contributed by atoms with Gasteiger partial charge in [0.2, 0.25) is 0 Å². The van der Waals surface area contributed by atoms with Crippen LogP contribution in [0, 0.1) is 19.7 Å². The van der Waals surface area contributed by atoms with Crippen LogP contribution in [0.15, 0.2) is 77.9 Å². The van der Waals surface area contributed by atoms with E-state index in [4.69, 9.17) is 5.10 Å². The fourth-order valence-electron chi connectivity index (χ4n) is 4.28. The van der Waals surface area contributed by atoms with E-state index in [1.54, 1.807) is 18.2 Å². The van der Waals surface area contributed by atoms with Crippen molar-refractivity contribution in [2.45, 2.75) is 32.9 Å². The minimum atomic E-state index is -0.454. The largest absolute Gasteiger partial charge is 0.293 e. The molecule has 0 fully saturated rings. The summed E-state index contributed by atoms with van der Waals surface area (Å²) in [6, 6.07) is 22.4. The number of hydrazone groups is 1. The second-order valence-electron chi connectivity index (χ2n) is 8.50. The molecule has 0 aliphatic carbocycles. The zero-order valence-corrected chi connectivity index (χ0v) is 18.8. The highest BCUT2D eigenvalue weighted by molar-refractivity contribution is 6.04. The maximum Gasteiger partial charge on any atom is 0.257 e. The fourth-order valence-corrected chi connectivity index (χ4v) is 4.28. The van der Waals surface area contributed by atoms with E-state index in [1.807, 2.05) is 68.3 Å². The van der Waals surface area contributed by atoms with E-state index in [-0.39, 0.29) is 18.3 Å². The molecule has 0 N–H and O–H groups in total. The summed E-state index contributed by atoms with van der Waals surface area (Å²) in [6.45, 7) is 4.94. The smallest absolute Gasteiger partial charge is 0.257 e. The van der Waals surface area contributed by atoms with E-state index in [1.165, 1.54) is 16.6 Å². The molecule has 0 saturated carbocycles. The van der Waals surface area contributed by atoms with Crippen LogP contribution in [-0.2, 0) is 11.3 Å². The van der Waals surface area contributed by atoms with Crippen molar-refractivity contribution in [3.05, 3.63) is 106 Å². The van der Waals surface area contributed by atoms with Crippen molar-refractivity contribution in [2.24, 2.45) is 5.10 Å². The lowest BCUT2D eigenvalue weighted by Crippen LogP contribution is -2.36. The number of aryl methyl sites for hydroxylation is 2. The quantitative estimate of drug-likeness (QED) is 0.536. The average Bonchev–Trinajstić information content (AvgIpc) is 3.19. The summed E-state index contributed by atoms with van der Waals surface area (Å²) in [4.78, 5) is 15.3. The summed E-state index contributed by atoms with van der Waals surface area (Å²) < 4.78 is 14.7. The second-order valence-corrected chi connectivity index (χ2v) is 8.50. The van der Waals surface area contributed by atoms with Crippen molar-refractivity contribution in [1.82, 2.24) is 9.91 Å². The molecule has 4 nitrogen and oxygen atoms in total. The van der Waals surface area contributed by atoms with Crippen LogP contribution in [0.1, 0.15) is 40.3 Å². The summed E-state index contributed by atoms with van der Waals surface area (Å²) >= 11 is 0. The number of likely N-dealkylation sites (N-methyl/N-ethyl adjacent to an activating group) is 1. The zero-order valence-electron chi connectivity index (χ0n) is 18.8. The molecule has 0 radical (unpaired) electrons. The maximum atomic E-state index is 14.7. The number of halogens is 1. The molecule has 5 heteroatoms. The predicted octanol–water partition coefficient (Wildman–Crippen LogP) is 5.25. The number of carbonyl (C=O) groups is 1. The lowest BCUT2D eigenvalue weighted by molar-refractivity contribution is -0.134. The Morgan fingerprint density at radius 1 is 1.06 bits per heavy atom. The lowest BCUT2D eigenvalue weighted by Gasteiger charge is -2.25. The molecule has 0 saturated heterocycles. The van der Waals surface area contributed by atoms with Gasteiger partial charge in [0.15, 0.2) is 0 Å². The third kappa shape index (κ3) is 4.78. The molecule has 0 unspecified atom stereocenters. The van der Waals surface area contributed by atoms with Crippen molar-refractivity contribution >= 4 is 11.6 Å². The van der Waals surface area contributed by atoms with Gasteiger partial charge in [-0.25, -0.2) is 9.40 Å². The number of hydrogen-bond donors (Lipinski definition) is 0. The molecule has 4 rings (SSSR count). The van der Waals surface area contributed by atoms with Crippen LogP contribution in [0.5, 0.6) is 0 Å². The van der Waals surface area contributed by atoms with Gasteiger partial charge in [0.05, 0.1) is 18.3 Å². The fraction of sp³-hybridized carbons (Fsp3) is 0.259. The Kier molecular flexibility index (Phi) is 6.47. The van der Waals surface area contributed by atoms with Crippen LogP contribution < -0.4 is 0 Å². The Morgan fingerprint density at radius 3 is 2.50 bits per heavy atom. The van der Waals surface area contributed by atoms with Gasteiger partial charge in [0.25, 0.3) is 5.91 Å². The van der Waals surface area contributed by atoms with Crippen molar-refractivity contribution in [2.75, 3.05) is 13.6 Å². The first kappa shape index (κ1) is 21.9. The standard InChI is InChI=1S/C27H28FN3O/c1-19-13-14-22(20(2)15-19)25-16-26(23-11-7-8-12-24(23)28)31(29-25)27(32)18-30(3)17-21-9-5-4-6-10-21/h4-15,26H,16-18H2,1-3H3/t26-/m0/s1. The summed E-state index contributed by atoms with van der Waals surface area (Å²) in [5, 5.41) is 6.20.